The molecule has 0 bridgehead atoms. The topological polar surface area (TPSA) is 3.01 Å². The molecule has 0 saturated heterocycles. The molecule has 50 heavy (non-hydrogen) atoms. The minimum absolute atomic E-state index is 0.0689. The Morgan fingerprint density at radius 2 is 0.660 bits per heavy atom. The monoisotopic (exact) mass is 721 g/mol. The highest BCUT2D eigenvalue weighted by atomic mass is 19.2. The van der Waals surface area contributed by atoms with Gasteiger partial charge < -0.3 is 4.49 Å². The second kappa shape index (κ2) is 13.2. The third-order valence-corrected chi connectivity index (χ3v) is 8.27. The molecular formula is C33H15BF15N. The molecule has 0 saturated carbocycles. The number of rotatable bonds is 7. The van der Waals surface area contributed by atoms with E-state index in [4.69, 9.17) is 0 Å². The van der Waals surface area contributed by atoms with E-state index in [1.165, 1.54) is 36.4 Å². The fraction of sp³-hybridized carbons (Fsp3) is 0.0606. The Morgan fingerprint density at radius 3 is 0.960 bits per heavy atom. The molecule has 17 heteroatoms. The van der Waals surface area contributed by atoms with Gasteiger partial charge in [0.2, 0.25) is 0 Å². The summed E-state index contributed by atoms with van der Waals surface area (Å²) in [5, 5.41) is 0. The third kappa shape index (κ3) is 5.29. The van der Waals surface area contributed by atoms with E-state index in [0.29, 0.717) is 0 Å². The Morgan fingerprint density at radius 1 is 0.400 bits per heavy atom. The lowest BCUT2D eigenvalue weighted by Crippen LogP contribution is -2.79. The van der Waals surface area contributed by atoms with Crippen LogP contribution in [0.25, 0.3) is 0 Å². The van der Waals surface area contributed by atoms with Crippen LogP contribution in [-0.2, 0) is 6.54 Å². The van der Waals surface area contributed by atoms with Crippen LogP contribution in [0.3, 0.4) is 0 Å². The minimum atomic E-state index is -6.00. The van der Waals surface area contributed by atoms with Gasteiger partial charge in [-0.3, -0.25) is 0 Å². The first-order chi connectivity index (χ1) is 23.5. The lowest BCUT2D eigenvalue weighted by atomic mass is 9.22. The van der Waals surface area contributed by atoms with Crippen LogP contribution in [0.4, 0.5) is 65.9 Å². The highest BCUT2D eigenvalue weighted by Crippen LogP contribution is 2.30. The van der Waals surface area contributed by atoms with Crippen LogP contribution >= 0.6 is 0 Å². The minimum Gasteiger partial charge on any atom is -0.438 e. The van der Waals surface area contributed by atoms with Crippen molar-refractivity contribution in [3.05, 3.63) is 159 Å². The van der Waals surface area contributed by atoms with Crippen LogP contribution in [0, 0.1) is 87.3 Å². The first-order valence-corrected chi connectivity index (χ1v) is 13.9. The van der Waals surface area contributed by atoms with E-state index in [0.717, 1.165) is 31.2 Å². The molecule has 0 N–H and O–H groups in total. The van der Waals surface area contributed by atoms with Crippen molar-refractivity contribution in [3.8, 4) is 0 Å². The lowest BCUT2D eigenvalue weighted by Gasteiger charge is -2.41. The first kappa shape index (κ1) is 36.1. The molecule has 0 atom stereocenters. The molecule has 0 radical (unpaired) electrons. The van der Waals surface area contributed by atoms with Crippen LogP contribution < -0.4 is 16.4 Å². The van der Waals surface area contributed by atoms with Crippen molar-refractivity contribution in [2.24, 2.45) is 0 Å². The molecule has 0 aliphatic rings. The lowest BCUT2D eigenvalue weighted by molar-refractivity contribution is -0.410. The van der Waals surface area contributed by atoms with Crippen LogP contribution in [0.15, 0.2) is 60.7 Å². The maximum Gasteiger partial charge on any atom is 0.372 e. The molecule has 5 rings (SSSR count). The number of benzene rings is 5. The van der Waals surface area contributed by atoms with Crippen molar-refractivity contribution in [2.75, 3.05) is 0 Å². The summed E-state index contributed by atoms with van der Waals surface area (Å²) in [6.07, 6.45) is -6.00. The second-order valence-corrected chi connectivity index (χ2v) is 10.8. The Hall–Kier alpha value is -5.22. The molecule has 0 aliphatic heterocycles. The van der Waals surface area contributed by atoms with Gasteiger partial charge in [0.15, 0.2) is 52.4 Å². The van der Waals surface area contributed by atoms with E-state index in [1.54, 1.807) is 0 Å². The van der Waals surface area contributed by atoms with E-state index in [1.807, 2.05) is 0 Å². The SMILES string of the molecule is C/C(c1ccccc1)=[N+](/Cc1ccccc1)[B-](c1c(F)c(F)c(F)c(F)c1F)(c1c(F)c(F)c(F)c(F)c1F)c1c(F)c(F)c(F)c(F)c1F. The largest absolute Gasteiger partial charge is 0.438 e. The highest BCUT2D eigenvalue weighted by Gasteiger charge is 2.58. The van der Waals surface area contributed by atoms with Gasteiger partial charge in [0, 0.05) is 18.1 Å². The van der Waals surface area contributed by atoms with Gasteiger partial charge in [0.1, 0.15) is 47.2 Å². The molecule has 0 unspecified atom stereocenters. The Labute approximate surface area is 271 Å². The average molecular weight is 721 g/mol. The maximum absolute atomic E-state index is 16.2. The summed E-state index contributed by atoms with van der Waals surface area (Å²) < 4.78 is 231. The highest BCUT2D eigenvalue weighted by molar-refractivity contribution is 7.06. The van der Waals surface area contributed by atoms with Gasteiger partial charge in [0.05, 0.1) is 0 Å². The maximum atomic E-state index is 16.2. The second-order valence-electron chi connectivity index (χ2n) is 10.8. The summed E-state index contributed by atoms with van der Waals surface area (Å²) >= 11 is 0. The number of halogens is 15. The molecule has 5 aromatic rings. The molecule has 0 aliphatic carbocycles. The standard InChI is InChI=1S/C33H15BF15N/c1-13(15-10-6-3-7-11-15)50(12-14-8-4-2-5-9-14)34(16-19(35)25(41)31(47)26(42)20(16)36,17-21(37)27(43)32(48)28(44)22(17)38)18-23(39)29(45)33(49)30(46)24(18)40/h2-11H,12H2,1H3/b50-13+. The first-order valence-electron chi connectivity index (χ1n) is 13.9. The quantitative estimate of drug-likeness (QED) is 0.0540. The van der Waals surface area contributed by atoms with Crippen LogP contribution in [-0.4, -0.2) is 16.5 Å². The van der Waals surface area contributed by atoms with Crippen LogP contribution in [0.2, 0.25) is 0 Å². The zero-order chi connectivity index (χ0) is 37.0. The van der Waals surface area contributed by atoms with E-state index in [9.17, 15) is 13.2 Å². The van der Waals surface area contributed by atoms with Gasteiger partial charge in [-0.1, -0.05) is 48.5 Å². The molecule has 0 heterocycles. The third-order valence-electron chi connectivity index (χ3n) is 8.27. The summed E-state index contributed by atoms with van der Waals surface area (Å²) in [5.41, 5.74) is -9.31. The van der Waals surface area contributed by atoms with Crippen molar-refractivity contribution in [1.82, 2.24) is 0 Å². The average Bonchev–Trinajstić information content (AvgIpc) is 3.12. The van der Waals surface area contributed by atoms with Crippen LogP contribution in [0.1, 0.15) is 18.1 Å². The summed E-state index contributed by atoms with van der Waals surface area (Å²) in [5.74, 6) is -45.8. The Bertz CT molecular complexity index is 1950. The van der Waals surface area contributed by atoms with Gasteiger partial charge in [-0.15, -0.1) is 0 Å². The van der Waals surface area contributed by atoms with Crippen molar-refractivity contribution >= 4 is 28.4 Å². The Kier molecular flexibility index (Phi) is 9.56. The zero-order valence-corrected chi connectivity index (χ0v) is 24.7. The summed E-state index contributed by atoms with van der Waals surface area (Å²) in [4.78, 5) is 0. The van der Waals surface area contributed by atoms with E-state index in [-0.39, 0.29) is 15.6 Å². The molecule has 0 fully saturated rings. The number of hydrogen-bond acceptors (Lipinski definition) is 0. The zero-order valence-electron chi connectivity index (χ0n) is 24.7. The van der Waals surface area contributed by atoms with Gasteiger partial charge in [-0.05, 0) is 28.5 Å². The molecule has 0 aromatic heterocycles. The molecule has 0 amide bonds. The fourth-order valence-corrected chi connectivity index (χ4v) is 6.04. The van der Waals surface area contributed by atoms with Gasteiger partial charge in [-0.2, -0.15) is 0 Å². The van der Waals surface area contributed by atoms with Crippen LogP contribution in [0.5, 0.6) is 0 Å². The smallest absolute Gasteiger partial charge is 0.372 e. The molecule has 260 valence electrons. The van der Waals surface area contributed by atoms with Crippen molar-refractivity contribution in [1.29, 1.82) is 0 Å². The number of nitrogens with zero attached hydrogens (tertiary/aromatic N) is 1. The summed E-state index contributed by atoms with van der Waals surface area (Å²) in [6.45, 7) is -0.376. The van der Waals surface area contributed by atoms with E-state index < -0.39 is 122 Å². The van der Waals surface area contributed by atoms with Gasteiger partial charge in [-0.25, -0.2) is 65.9 Å². The fourth-order valence-electron chi connectivity index (χ4n) is 6.04. The normalized spacial score (nSPS) is 12.4. The number of hydrogen-bond donors (Lipinski definition) is 0. The predicted octanol–water partition coefficient (Wildman–Crippen LogP) is 7.46. The van der Waals surface area contributed by atoms with Crippen molar-refractivity contribution in [3.63, 3.8) is 0 Å². The van der Waals surface area contributed by atoms with E-state index >= 15 is 52.7 Å². The van der Waals surface area contributed by atoms with E-state index in [2.05, 4.69) is 0 Å². The Balaban J connectivity index is 2.30. The predicted molar refractivity (Wildman–Crippen MR) is 150 cm³/mol. The summed E-state index contributed by atoms with van der Waals surface area (Å²) in [7, 11) is 0. The van der Waals surface area contributed by atoms with Gasteiger partial charge >= 0.3 is 6.28 Å². The molecular weight excluding hydrogens is 706 g/mol. The molecule has 0 spiro atoms. The molecule has 1 nitrogen and oxygen atoms in total. The summed E-state index contributed by atoms with van der Waals surface area (Å²) in [6, 6.07) is 12.2. The molecule has 5 aromatic carbocycles. The van der Waals surface area contributed by atoms with Gasteiger partial charge in [0.25, 0.3) is 0 Å². The van der Waals surface area contributed by atoms with Crippen molar-refractivity contribution < 1.29 is 70.3 Å². The van der Waals surface area contributed by atoms with Crippen molar-refractivity contribution in [2.45, 2.75) is 13.5 Å².